The van der Waals surface area contributed by atoms with Crippen molar-refractivity contribution in [3.63, 3.8) is 0 Å². The van der Waals surface area contributed by atoms with Crippen LogP contribution in [0.25, 0.3) is 0 Å². The van der Waals surface area contributed by atoms with Crippen molar-refractivity contribution in [1.29, 1.82) is 0 Å². The number of benzene rings is 2. The number of rotatable bonds is 9. The number of ether oxygens (including phenoxy) is 3. The fraction of sp³-hybridized carbons (Fsp3) is 0.391. The first-order valence-electron chi connectivity index (χ1n) is 10.1. The Morgan fingerprint density at radius 3 is 2.37 bits per heavy atom. The lowest BCUT2D eigenvalue weighted by Crippen LogP contribution is -2.38. The van der Waals surface area contributed by atoms with Crippen LogP contribution in [0.3, 0.4) is 0 Å². The van der Waals surface area contributed by atoms with Crippen LogP contribution in [0.4, 0.5) is 0 Å². The Hall–Kier alpha value is -2.90. The quantitative estimate of drug-likeness (QED) is 0.503. The minimum Gasteiger partial charge on any atom is -0.497 e. The van der Waals surface area contributed by atoms with Gasteiger partial charge >= 0.3 is 0 Å². The molecule has 1 aliphatic heterocycles. The number of amides is 1. The lowest BCUT2D eigenvalue weighted by Gasteiger charge is -2.26. The Labute approximate surface area is 176 Å². The SMILES string of the molecule is COc1ccc(OC)c(C(=O)c2ccc(C(=O)NCCCN3CCOCC3)cc2)c1. The molecule has 0 aromatic heterocycles. The molecular formula is C23H28N2O5. The van der Waals surface area contributed by atoms with E-state index in [2.05, 4.69) is 10.2 Å². The highest BCUT2D eigenvalue weighted by molar-refractivity contribution is 6.11. The monoisotopic (exact) mass is 412 g/mol. The maximum Gasteiger partial charge on any atom is 0.251 e. The molecule has 2 aromatic rings. The zero-order valence-electron chi connectivity index (χ0n) is 17.5. The van der Waals surface area contributed by atoms with E-state index in [-0.39, 0.29) is 11.7 Å². The van der Waals surface area contributed by atoms with Gasteiger partial charge in [0.2, 0.25) is 0 Å². The molecule has 0 atom stereocenters. The highest BCUT2D eigenvalue weighted by Crippen LogP contribution is 2.26. The van der Waals surface area contributed by atoms with Crippen LogP contribution < -0.4 is 14.8 Å². The zero-order chi connectivity index (χ0) is 21.3. The van der Waals surface area contributed by atoms with Crippen molar-refractivity contribution in [3.05, 3.63) is 59.2 Å². The van der Waals surface area contributed by atoms with E-state index < -0.39 is 0 Å². The van der Waals surface area contributed by atoms with Crippen molar-refractivity contribution >= 4 is 11.7 Å². The van der Waals surface area contributed by atoms with Gasteiger partial charge in [-0.15, -0.1) is 0 Å². The molecule has 0 aliphatic carbocycles. The van der Waals surface area contributed by atoms with Crippen molar-refractivity contribution in [1.82, 2.24) is 10.2 Å². The highest BCUT2D eigenvalue weighted by atomic mass is 16.5. The topological polar surface area (TPSA) is 77.1 Å². The van der Waals surface area contributed by atoms with E-state index in [1.165, 1.54) is 7.11 Å². The molecule has 1 N–H and O–H groups in total. The second kappa shape index (κ2) is 10.8. The number of ketones is 1. The third-order valence-electron chi connectivity index (χ3n) is 5.10. The normalized spacial score (nSPS) is 14.2. The summed E-state index contributed by atoms with van der Waals surface area (Å²) in [5, 5.41) is 2.93. The predicted octanol–water partition coefficient (Wildman–Crippen LogP) is 2.39. The van der Waals surface area contributed by atoms with Gasteiger partial charge in [0.1, 0.15) is 11.5 Å². The van der Waals surface area contributed by atoms with Crippen LogP contribution in [-0.4, -0.2) is 70.2 Å². The number of nitrogens with one attached hydrogen (secondary N) is 1. The second-order valence-corrected chi connectivity index (χ2v) is 7.04. The van der Waals surface area contributed by atoms with Crippen LogP contribution in [0, 0.1) is 0 Å². The average molecular weight is 412 g/mol. The summed E-state index contributed by atoms with van der Waals surface area (Å²) in [6.07, 6.45) is 0.887. The fourth-order valence-corrected chi connectivity index (χ4v) is 3.35. The van der Waals surface area contributed by atoms with Crippen LogP contribution >= 0.6 is 0 Å². The molecule has 0 unspecified atom stereocenters. The summed E-state index contributed by atoms with van der Waals surface area (Å²) in [4.78, 5) is 27.6. The predicted molar refractivity (Wildman–Crippen MR) is 114 cm³/mol. The van der Waals surface area contributed by atoms with Gasteiger partial charge in [-0.05, 0) is 43.3 Å². The molecule has 7 heteroatoms. The smallest absolute Gasteiger partial charge is 0.251 e. The molecule has 0 bridgehead atoms. The summed E-state index contributed by atoms with van der Waals surface area (Å²) in [5.74, 6) is 0.716. The first-order valence-corrected chi connectivity index (χ1v) is 10.1. The van der Waals surface area contributed by atoms with Gasteiger partial charge in [-0.1, -0.05) is 12.1 Å². The van der Waals surface area contributed by atoms with Crippen molar-refractivity contribution < 1.29 is 23.8 Å². The lowest BCUT2D eigenvalue weighted by molar-refractivity contribution is 0.0374. The minimum absolute atomic E-state index is 0.144. The summed E-state index contributed by atoms with van der Waals surface area (Å²) in [6.45, 7) is 5.00. The van der Waals surface area contributed by atoms with Crippen molar-refractivity contribution in [2.24, 2.45) is 0 Å². The molecule has 0 radical (unpaired) electrons. The van der Waals surface area contributed by atoms with E-state index in [0.29, 0.717) is 34.7 Å². The molecule has 30 heavy (non-hydrogen) atoms. The molecule has 7 nitrogen and oxygen atoms in total. The van der Waals surface area contributed by atoms with Gasteiger partial charge in [0.05, 0.1) is 33.0 Å². The second-order valence-electron chi connectivity index (χ2n) is 7.04. The number of hydrogen-bond acceptors (Lipinski definition) is 6. The van der Waals surface area contributed by atoms with Gasteiger partial charge in [0.25, 0.3) is 5.91 Å². The fourth-order valence-electron chi connectivity index (χ4n) is 3.35. The van der Waals surface area contributed by atoms with Gasteiger partial charge in [-0.25, -0.2) is 0 Å². The van der Waals surface area contributed by atoms with Crippen molar-refractivity contribution in [2.45, 2.75) is 6.42 Å². The number of carbonyl (C=O) groups excluding carboxylic acids is 2. The zero-order valence-corrected chi connectivity index (χ0v) is 17.5. The van der Waals surface area contributed by atoms with E-state index in [1.807, 2.05) is 0 Å². The molecule has 0 spiro atoms. The van der Waals surface area contributed by atoms with Gasteiger partial charge in [-0.2, -0.15) is 0 Å². The van der Waals surface area contributed by atoms with E-state index in [0.717, 1.165) is 39.3 Å². The highest BCUT2D eigenvalue weighted by Gasteiger charge is 2.16. The first-order chi connectivity index (χ1) is 14.6. The largest absolute Gasteiger partial charge is 0.497 e. The summed E-state index contributed by atoms with van der Waals surface area (Å²) in [6, 6.07) is 11.7. The summed E-state index contributed by atoms with van der Waals surface area (Å²) in [7, 11) is 3.06. The average Bonchev–Trinajstić information content (AvgIpc) is 2.81. The Morgan fingerprint density at radius 2 is 1.70 bits per heavy atom. The van der Waals surface area contributed by atoms with Gasteiger partial charge < -0.3 is 19.5 Å². The van der Waals surface area contributed by atoms with E-state index >= 15 is 0 Å². The van der Waals surface area contributed by atoms with E-state index in [1.54, 1.807) is 49.6 Å². The standard InChI is InChI=1S/C23H28N2O5/c1-28-19-8-9-21(29-2)20(16-19)22(26)17-4-6-18(7-5-17)23(27)24-10-3-11-25-12-14-30-15-13-25/h4-9,16H,3,10-15H2,1-2H3,(H,24,27). The molecule has 1 fully saturated rings. The summed E-state index contributed by atoms with van der Waals surface area (Å²) < 4.78 is 15.8. The van der Waals surface area contributed by atoms with E-state index in [9.17, 15) is 9.59 Å². The van der Waals surface area contributed by atoms with Crippen LogP contribution in [0.2, 0.25) is 0 Å². The van der Waals surface area contributed by atoms with Crippen LogP contribution in [-0.2, 0) is 4.74 Å². The van der Waals surface area contributed by atoms with Gasteiger partial charge in [0.15, 0.2) is 5.78 Å². The Balaban J connectivity index is 1.56. The van der Waals surface area contributed by atoms with Crippen molar-refractivity contribution in [2.75, 3.05) is 53.6 Å². The van der Waals surface area contributed by atoms with Crippen LogP contribution in [0.15, 0.2) is 42.5 Å². The Morgan fingerprint density at radius 1 is 1.00 bits per heavy atom. The summed E-state index contributed by atoms with van der Waals surface area (Å²) in [5.41, 5.74) is 1.41. The molecule has 3 rings (SSSR count). The van der Waals surface area contributed by atoms with E-state index in [4.69, 9.17) is 14.2 Å². The lowest BCUT2D eigenvalue weighted by atomic mass is 10.0. The third kappa shape index (κ3) is 5.58. The summed E-state index contributed by atoms with van der Waals surface area (Å²) >= 11 is 0. The molecule has 1 saturated heterocycles. The van der Waals surface area contributed by atoms with Crippen LogP contribution in [0.1, 0.15) is 32.7 Å². The number of morpholine rings is 1. The molecule has 2 aromatic carbocycles. The minimum atomic E-state index is -0.191. The maximum atomic E-state index is 12.9. The maximum absolute atomic E-state index is 12.9. The molecule has 1 amide bonds. The number of nitrogens with zero attached hydrogens (tertiary/aromatic N) is 1. The molecular weight excluding hydrogens is 384 g/mol. The molecule has 0 saturated carbocycles. The van der Waals surface area contributed by atoms with Gasteiger partial charge in [-0.3, -0.25) is 14.5 Å². The third-order valence-corrected chi connectivity index (χ3v) is 5.10. The first kappa shape index (κ1) is 21.8. The number of methoxy groups -OCH3 is 2. The Kier molecular flexibility index (Phi) is 7.82. The molecule has 1 aliphatic rings. The molecule has 1 heterocycles. The van der Waals surface area contributed by atoms with Gasteiger partial charge in [0, 0.05) is 30.8 Å². The number of hydrogen-bond donors (Lipinski definition) is 1. The molecule has 160 valence electrons. The Bertz CT molecular complexity index is 860. The van der Waals surface area contributed by atoms with Crippen LogP contribution in [0.5, 0.6) is 11.5 Å². The van der Waals surface area contributed by atoms with Crippen molar-refractivity contribution in [3.8, 4) is 11.5 Å². The number of carbonyl (C=O) groups is 2.